The highest BCUT2D eigenvalue weighted by Gasteiger charge is 2.12. The molecule has 0 fully saturated rings. The van der Waals surface area contributed by atoms with Crippen LogP contribution in [0, 0.1) is 0 Å². The van der Waals surface area contributed by atoms with Gasteiger partial charge in [-0.25, -0.2) is 0 Å². The number of pyridine rings is 1. The number of nitrogens with zero attached hydrogens (tertiary/aromatic N) is 1. The Balaban J connectivity index is 1.52. The summed E-state index contributed by atoms with van der Waals surface area (Å²) in [6.07, 6.45) is 4.93. The van der Waals surface area contributed by atoms with E-state index in [4.69, 9.17) is 9.47 Å². The maximum Gasteiger partial charge on any atom is 0.248 e. The predicted octanol–water partition coefficient (Wildman–Crippen LogP) is 3.62. The second-order valence-electron chi connectivity index (χ2n) is 5.32. The van der Waals surface area contributed by atoms with Crippen LogP contribution in [0.3, 0.4) is 0 Å². The van der Waals surface area contributed by atoms with Crippen LogP contribution >= 0.6 is 0 Å². The first-order valence-corrected chi connectivity index (χ1v) is 7.52. The molecule has 0 spiro atoms. The molecule has 118 valence electrons. The van der Waals surface area contributed by atoms with E-state index >= 15 is 0 Å². The first kappa shape index (κ1) is 14.3. The first-order valence-electron chi connectivity index (χ1n) is 7.52. The summed E-state index contributed by atoms with van der Waals surface area (Å²) >= 11 is 0. The van der Waals surface area contributed by atoms with Crippen molar-refractivity contribution in [2.45, 2.75) is 0 Å². The highest BCUT2D eigenvalue weighted by atomic mass is 16.7. The minimum atomic E-state index is -0.217. The molecule has 1 amide bonds. The number of hydrogen-bond donors (Lipinski definition) is 1. The van der Waals surface area contributed by atoms with Crippen LogP contribution in [0.4, 0.5) is 5.69 Å². The zero-order valence-corrected chi connectivity index (χ0v) is 12.7. The Morgan fingerprint density at radius 1 is 1.08 bits per heavy atom. The lowest BCUT2D eigenvalue weighted by atomic mass is 10.1. The van der Waals surface area contributed by atoms with E-state index in [2.05, 4.69) is 10.3 Å². The summed E-state index contributed by atoms with van der Waals surface area (Å²) in [6.45, 7) is 0.233. The highest BCUT2D eigenvalue weighted by Crippen LogP contribution is 2.32. The molecule has 2 heterocycles. The van der Waals surface area contributed by atoms with E-state index < -0.39 is 0 Å². The molecule has 0 radical (unpaired) electrons. The molecule has 1 aromatic heterocycles. The molecule has 1 aliphatic heterocycles. The maximum absolute atomic E-state index is 12.2. The number of rotatable bonds is 3. The largest absolute Gasteiger partial charge is 0.454 e. The van der Waals surface area contributed by atoms with Crippen molar-refractivity contribution in [3.8, 4) is 11.5 Å². The molecular weight excluding hydrogens is 304 g/mol. The standard InChI is InChI=1S/C19H14N2O3/c22-18(9-7-13-6-8-16-17(11-13)24-12-23-16)21-15-5-1-3-14-4-2-10-20-19(14)15/h1-11H,12H2,(H,21,22)/b9-7+. The Hall–Kier alpha value is -3.34. The molecule has 24 heavy (non-hydrogen) atoms. The van der Waals surface area contributed by atoms with Gasteiger partial charge in [0.05, 0.1) is 11.2 Å². The van der Waals surface area contributed by atoms with Crippen molar-refractivity contribution in [2.75, 3.05) is 12.1 Å². The van der Waals surface area contributed by atoms with Crippen LogP contribution in [-0.4, -0.2) is 17.7 Å². The Labute approximate surface area is 138 Å². The Bertz CT molecular complexity index is 945. The van der Waals surface area contributed by atoms with Crippen LogP contribution in [0.15, 0.2) is 60.8 Å². The van der Waals surface area contributed by atoms with Crippen LogP contribution in [0.25, 0.3) is 17.0 Å². The monoisotopic (exact) mass is 318 g/mol. The molecule has 5 heteroatoms. The van der Waals surface area contributed by atoms with Crippen molar-refractivity contribution in [3.63, 3.8) is 0 Å². The number of aromatic nitrogens is 1. The molecule has 0 saturated carbocycles. The Morgan fingerprint density at radius 3 is 2.92 bits per heavy atom. The van der Waals surface area contributed by atoms with E-state index in [1.54, 1.807) is 12.3 Å². The number of amides is 1. The van der Waals surface area contributed by atoms with Gasteiger partial charge in [-0.2, -0.15) is 0 Å². The van der Waals surface area contributed by atoms with Crippen molar-refractivity contribution in [1.82, 2.24) is 4.98 Å². The minimum Gasteiger partial charge on any atom is -0.454 e. The SMILES string of the molecule is O=C(/C=C/c1ccc2c(c1)OCO2)Nc1cccc2cccnc12. The molecule has 5 nitrogen and oxygen atoms in total. The molecule has 0 aliphatic carbocycles. The first-order chi connectivity index (χ1) is 11.8. The zero-order valence-electron chi connectivity index (χ0n) is 12.7. The smallest absolute Gasteiger partial charge is 0.248 e. The fourth-order valence-corrected chi connectivity index (χ4v) is 2.57. The molecule has 2 aromatic carbocycles. The summed E-state index contributed by atoms with van der Waals surface area (Å²) < 4.78 is 10.6. The average Bonchev–Trinajstić information content (AvgIpc) is 3.08. The predicted molar refractivity (Wildman–Crippen MR) is 92.0 cm³/mol. The molecule has 0 atom stereocenters. The van der Waals surface area contributed by atoms with Gasteiger partial charge >= 0.3 is 0 Å². The third kappa shape index (κ3) is 2.79. The van der Waals surface area contributed by atoms with E-state index in [1.165, 1.54) is 6.08 Å². The van der Waals surface area contributed by atoms with Gasteiger partial charge in [0, 0.05) is 17.7 Å². The van der Waals surface area contributed by atoms with E-state index in [1.807, 2.05) is 48.5 Å². The molecule has 3 aromatic rings. The van der Waals surface area contributed by atoms with Crippen molar-refractivity contribution >= 4 is 28.6 Å². The van der Waals surface area contributed by atoms with Crippen molar-refractivity contribution in [1.29, 1.82) is 0 Å². The third-order valence-corrected chi connectivity index (χ3v) is 3.71. The van der Waals surface area contributed by atoms with Gasteiger partial charge in [-0.05, 0) is 35.9 Å². The van der Waals surface area contributed by atoms with Gasteiger partial charge in [0.2, 0.25) is 12.7 Å². The van der Waals surface area contributed by atoms with Crippen LogP contribution in [0.1, 0.15) is 5.56 Å². The zero-order chi connectivity index (χ0) is 16.4. The number of fused-ring (bicyclic) bond motifs is 2. The molecule has 0 unspecified atom stereocenters. The Morgan fingerprint density at radius 2 is 1.96 bits per heavy atom. The fraction of sp³-hybridized carbons (Fsp3) is 0.0526. The number of anilines is 1. The molecule has 4 rings (SSSR count). The van der Waals surface area contributed by atoms with Crippen molar-refractivity contribution in [3.05, 3.63) is 66.4 Å². The van der Waals surface area contributed by atoms with Gasteiger partial charge in [0.25, 0.3) is 0 Å². The van der Waals surface area contributed by atoms with Gasteiger partial charge in [0.1, 0.15) is 0 Å². The number of hydrogen-bond acceptors (Lipinski definition) is 4. The summed E-state index contributed by atoms with van der Waals surface area (Å²) in [5, 5.41) is 3.84. The summed E-state index contributed by atoms with van der Waals surface area (Å²) in [4.78, 5) is 16.5. The minimum absolute atomic E-state index is 0.217. The van der Waals surface area contributed by atoms with Gasteiger partial charge in [0.15, 0.2) is 11.5 Å². The van der Waals surface area contributed by atoms with Crippen molar-refractivity contribution in [2.24, 2.45) is 0 Å². The molecule has 0 saturated heterocycles. The average molecular weight is 318 g/mol. The second-order valence-corrected chi connectivity index (χ2v) is 5.32. The maximum atomic E-state index is 12.2. The van der Waals surface area contributed by atoms with E-state index in [-0.39, 0.29) is 12.7 Å². The number of carbonyl (C=O) groups is 1. The van der Waals surface area contributed by atoms with Gasteiger partial charge in [-0.1, -0.05) is 24.3 Å². The molecule has 0 bridgehead atoms. The normalized spacial score (nSPS) is 12.7. The summed E-state index contributed by atoms with van der Waals surface area (Å²) in [5.41, 5.74) is 2.32. The fourth-order valence-electron chi connectivity index (χ4n) is 2.57. The quantitative estimate of drug-likeness (QED) is 0.749. The van der Waals surface area contributed by atoms with Crippen LogP contribution in [0.5, 0.6) is 11.5 Å². The lowest BCUT2D eigenvalue weighted by molar-refractivity contribution is -0.111. The topological polar surface area (TPSA) is 60.5 Å². The van der Waals surface area contributed by atoms with Gasteiger partial charge < -0.3 is 14.8 Å². The van der Waals surface area contributed by atoms with Gasteiger partial charge in [-0.3, -0.25) is 9.78 Å². The molecule has 1 N–H and O–H groups in total. The van der Waals surface area contributed by atoms with Crippen LogP contribution < -0.4 is 14.8 Å². The number of para-hydroxylation sites is 1. The second kappa shape index (κ2) is 6.04. The lowest BCUT2D eigenvalue weighted by Crippen LogP contribution is -2.08. The molecular formula is C19H14N2O3. The van der Waals surface area contributed by atoms with Gasteiger partial charge in [-0.15, -0.1) is 0 Å². The third-order valence-electron chi connectivity index (χ3n) is 3.71. The summed E-state index contributed by atoms with van der Waals surface area (Å²) in [7, 11) is 0. The molecule has 1 aliphatic rings. The van der Waals surface area contributed by atoms with E-state index in [9.17, 15) is 4.79 Å². The van der Waals surface area contributed by atoms with E-state index in [0.717, 1.165) is 22.2 Å². The highest BCUT2D eigenvalue weighted by molar-refractivity contribution is 6.06. The summed E-state index contributed by atoms with van der Waals surface area (Å²) in [5.74, 6) is 1.19. The summed E-state index contributed by atoms with van der Waals surface area (Å²) in [6, 6.07) is 15.0. The van der Waals surface area contributed by atoms with Crippen LogP contribution in [0.2, 0.25) is 0 Å². The lowest BCUT2D eigenvalue weighted by Gasteiger charge is -2.05. The van der Waals surface area contributed by atoms with Crippen LogP contribution in [-0.2, 0) is 4.79 Å². The number of ether oxygens (including phenoxy) is 2. The number of carbonyl (C=O) groups excluding carboxylic acids is 1. The number of benzene rings is 2. The van der Waals surface area contributed by atoms with E-state index in [0.29, 0.717) is 11.4 Å². The van der Waals surface area contributed by atoms with Crippen molar-refractivity contribution < 1.29 is 14.3 Å². The Kier molecular flexibility index (Phi) is 3.59. The number of nitrogens with one attached hydrogen (secondary N) is 1.